The van der Waals surface area contributed by atoms with Crippen molar-refractivity contribution in [2.24, 2.45) is 0 Å². The number of ether oxygens (including phenoxy) is 1. The summed E-state index contributed by atoms with van der Waals surface area (Å²) < 4.78 is 19.8. The molecular weight excluding hydrogens is 401 g/mol. The Hall–Kier alpha value is -3.32. The lowest BCUT2D eigenvalue weighted by molar-refractivity contribution is -0.118. The average Bonchev–Trinajstić information content (AvgIpc) is 3.17. The van der Waals surface area contributed by atoms with Gasteiger partial charge >= 0.3 is 0 Å². The average molecular weight is 421 g/mol. The smallest absolute Gasteiger partial charge is 0.233 e. The van der Waals surface area contributed by atoms with E-state index in [-0.39, 0.29) is 18.1 Å². The second kappa shape index (κ2) is 9.00. The molecule has 5 nitrogen and oxygen atoms in total. The highest BCUT2D eigenvalue weighted by atomic mass is 32.1. The highest BCUT2D eigenvalue weighted by molar-refractivity contribution is 7.22. The summed E-state index contributed by atoms with van der Waals surface area (Å²) in [7, 11) is 0. The lowest BCUT2D eigenvalue weighted by atomic mass is 10.1. The largest absolute Gasteiger partial charge is 0.494 e. The molecule has 30 heavy (non-hydrogen) atoms. The Morgan fingerprint density at radius 2 is 1.97 bits per heavy atom. The quantitative estimate of drug-likeness (QED) is 0.421. The van der Waals surface area contributed by atoms with Crippen molar-refractivity contribution in [3.05, 3.63) is 83.9 Å². The van der Waals surface area contributed by atoms with Gasteiger partial charge in [0, 0.05) is 6.20 Å². The van der Waals surface area contributed by atoms with Crippen molar-refractivity contribution in [3.63, 3.8) is 0 Å². The molecule has 2 aromatic heterocycles. The van der Waals surface area contributed by atoms with Crippen LogP contribution in [0.1, 0.15) is 18.2 Å². The van der Waals surface area contributed by atoms with Gasteiger partial charge in [-0.2, -0.15) is 0 Å². The number of thiazole rings is 1. The van der Waals surface area contributed by atoms with Gasteiger partial charge in [0.2, 0.25) is 5.91 Å². The van der Waals surface area contributed by atoms with Gasteiger partial charge < -0.3 is 4.74 Å². The van der Waals surface area contributed by atoms with E-state index in [1.165, 1.54) is 23.5 Å². The van der Waals surface area contributed by atoms with Crippen LogP contribution in [0.2, 0.25) is 0 Å². The first-order chi connectivity index (χ1) is 14.6. The predicted molar refractivity (Wildman–Crippen MR) is 116 cm³/mol. The van der Waals surface area contributed by atoms with Crippen molar-refractivity contribution in [2.45, 2.75) is 19.9 Å². The molecule has 0 atom stereocenters. The van der Waals surface area contributed by atoms with Crippen molar-refractivity contribution < 1.29 is 13.9 Å². The number of anilines is 1. The number of rotatable bonds is 7. The predicted octanol–water partition coefficient (Wildman–Crippen LogP) is 5.01. The van der Waals surface area contributed by atoms with Crippen molar-refractivity contribution in [2.75, 3.05) is 11.5 Å². The maximum atomic E-state index is 13.6. The van der Waals surface area contributed by atoms with Crippen LogP contribution in [-0.4, -0.2) is 22.5 Å². The lowest BCUT2D eigenvalue weighted by Crippen LogP contribution is -2.32. The van der Waals surface area contributed by atoms with Crippen LogP contribution in [0.4, 0.5) is 9.52 Å². The first kappa shape index (κ1) is 20.0. The molecule has 0 aliphatic rings. The van der Waals surface area contributed by atoms with Gasteiger partial charge in [0.1, 0.15) is 11.6 Å². The zero-order valence-electron chi connectivity index (χ0n) is 16.4. The number of pyridine rings is 1. The molecule has 0 fully saturated rings. The topological polar surface area (TPSA) is 55.3 Å². The molecule has 0 bridgehead atoms. The highest BCUT2D eigenvalue weighted by Gasteiger charge is 2.21. The fourth-order valence-electron chi connectivity index (χ4n) is 3.06. The summed E-state index contributed by atoms with van der Waals surface area (Å²) in [5.41, 5.74) is 2.29. The second-order valence-corrected chi connectivity index (χ2v) is 7.67. The maximum absolute atomic E-state index is 13.6. The van der Waals surface area contributed by atoms with Gasteiger partial charge in [-0.15, -0.1) is 0 Å². The zero-order chi connectivity index (χ0) is 20.9. The number of aromatic nitrogens is 2. The van der Waals surface area contributed by atoms with Crippen molar-refractivity contribution in [1.82, 2.24) is 9.97 Å². The van der Waals surface area contributed by atoms with Crippen LogP contribution in [0.5, 0.6) is 5.75 Å². The van der Waals surface area contributed by atoms with Crippen LogP contribution in [0.25, 0.3) is 10.2 Å². The van der Waals surface area contributed by atoms with Gasteiger partial charge in [0.05, 0.1) is 35.5 Å². The number of halogens is 1. The van der Waals surface area contributed by atoms with Crippen LogP contribution in [0.3, 0.4) is 0 Å². The van der Waals surface area contributed by atoms with Gasteiger partial charge in [-0.3, -0.25) is 14.7 Å². The number of amides is 1. The Labute approximate surface area is 177 Å². The van der Waals surface area contributed by atoms with Crippen molar-refractivity contribution in [1.29, 1.82) is 0 Å². The van der Waals surface area contributed by atoms with Gasteiger partial charge in [-0.1, -0.05) is 29.5 Å². The van der Waals surface area contributed by atoms with E-state index in [9.17, 15) is 9.18 Å². The molecule has 0 spiro atoms. The molecular formula is C23H20FN3O2S. The van der Waals surface area contributed by atoms with E-state index in [4.69, 9.17) is 4.74 Å². The molecule has 0 N–H and O–H groups in total. The van der Waals surface area contributed by atoms with Gasteiger partial charge in [0.15, 0.2) is 5.13 Å². The summed E-state index contributed by atoms with van der Waals surface area (Å²) >= 11 is 1.29. The maximum Gasteiger partial charge on any atom is 0.233 e. The van der Waals surface area contributed by atoms with E-state index in [2.05, 4.69) is 9.97 Å². The highest BCUT2D eigenvalue weighted by Crippen LogP contribution is 2.30. The molecule has 0 aliphatic carbocycles. The van der Waals surface area contributed by atoms with Crippen LogP contribution >= 0.6 is 11.3 Å². The second-order valence-electron chi connectivity index (χ2n) is 6.66. The van der Waals surface area contributed by atoms with E-state index in [1.54, 1.807) is 17.2 Å². The standard InChI is InChI=1S/C23H20FN3O2S/c1-2-29-19-9-6-16(7-10-19)13-22(28)27(15-18-5-3-4-12-25-18)23-26-20-11-8-17(24)14-21(20)30-23/h3-12,14H,2,13,15H2,1H3. The monoisotopic (exact) mass is 421 g/mol. The van der Waals surface area contributed by atoms with Crippen LogP contribution < -0.4 is 9.64 Å². The van der Waals surface area contributed by atoms with Crippen LogP contribution in [0.15, 0.2) is 66.9 Å². The first-order valence-corrected chi connectivity index (χ1v) is 10.4. The molecule has 7 heteroatoms. The lowest BCUT2D eigenvalue weighted by Gasteiger charge is -2.19. The van der Waals surface area contributed by atoms with E-state index in [0.717, 1.165) is 17.0 Å². The summed E-state index contributed by atoms with van der Waals surface area (Å²) in [4.78, 5) is 23.7. The van der Waals surface area contributed by atoms with Crippen LogP contribution in [-0.2, 0) is 17.8 Å². The zero-order valence-corrected chi connectivity index (χ0v) is 17.2. The number of hydrogen-bond acceptors (Lipinski definition) is 5. The molecule has 152 valence electrons. The number of hydrogen-bond donors (Lipinski definition) is 0. The molecule has 0 unspecified atom stereocenters. The number of benzene rings is 2. The minimum atomic E-state index is -0.324. The Morgan fingerprint density at radius 1 is 1.13 bits per heavy atom. The molecule has 0 saturated heterocycles. The van der Waals surface area contributed by atoms with E-state index in [0.29, 0.717) is 28.5 Å². The normalized spacial score (nSPS) is 10.9. The summed E-state index contributed by atoms with van der Waals surface area (Å²) in [5, 5.41) is 0.525. The van der Waals surface area contributed by atoms with Gasteiger partial charge in [0.25, 0.3) is 0 Å². The third-order valence-electron chi connectivity index (χ3n) is 4.51. The molecule has 0 saturated carbocycles. The van der Waals surface area contributed by atoms with Crippen molar-refractivity contribution >= 4 is 32.6 Å². The fraction of sp³-hybridized carbons (Fsp3) is 0.174. The SMILES string of the molecule is CCOc1ccc(CC(=O)N(Cc2ccccn2)c2nc3ccc(F)cc3s2)cc1. The summed E-state index contributed by atoms with van der Waals surface area (Å²) in [5.74, 6) is 0.339. The third kappa shape index (κ3) is 4.63. The Morgan fingerprint density at radius 3 is 2.70 bits per heavy atom. The molecule has 1 amide bonds. The summed E-state index contributed by atoms with van der Waals surface area (Å²) in [6, 6.07) is 17.5. The minimum absolute atomic E-state index is 0.107. The van der Waals surface area contributed by atoms with Crippen LogP contribution in [0, 0.1) is 5.82 Å². The number of carbonyl (C=O) groups is 1. The number of nitrogens with zero attached hydrogens (tertiary/aromatic N) is 3. The van der Waals surface area contributed by atoms with E-state index < -0.39 is 0 Å². The Bertz CT molecular complexity index is 1150. The molecule has 0 aliphatic heterocycles. The van der Waals surface area contributed by atoms with Gasteiger partial charge in [-0.05, 0) is 55.0 Å². The molecule has 2 aromatic carbocycles. The minimum Gasteiger partial charge on any atom is -0.494 e. The summed E-state index contributed by atoms with van der Waals surface area (Å²) in [6.45, 7) is 2.81. The Balaban J connectivity index is 1.62. The van der Waals surface area contributed by atoms with E-state index >= 15 is 0 Å². The molecule has 4 rings (SSSR count). The Kier molecular flexibility index (Phi) is 5.99. The molecule has 4 aromatic rings. The number of carbonyl (C=O) groups excluding carboxylic acids is 1. The summed E-state index contributed by atoms with van der Waals surface area (Å²) in [6.07, 6.45) is 1.90. The fourth-order valence-corrected chi connectivity index (χ4v) is 4.07. The van der Waals surface area contributed by atoms with Crippen molar-refractivity contribution in [3.8, 4) is 5.75 Å². The number of fused-ring (bicyclic) bond motifs is 1. The molecule has 2 heterocycles. The third-order valence-corrected chi connectivity index (χ3v) is 5.55. The van der Waals surface area contributed by atoms with E-state index in [1.807, 2.05) is 49.4 Å². The molecule has 0 radical (unpaired) electrons. The first-order valence-electron chi connectivity index (χ1n) is 9.60. The van der Waals surface area contributed by atoms with Gasteiger partial charge in [-0.25, -0.2) is 9.37 Å².